The summed E-state index contributed by atoms with van der Waals surface area (Å²) in [6.07, 6.45) is 3.31. The maximum atomic E-state index is 13.6. The first-order chi connectivity index (χ1) is 9.46. The number of benzene rings is 1. The molecule has 0 radical (unpaired) electrons. The van der Waals surface area contributed by atoms with Gasteiger partial charge >= 0.3 is 0 Å². The van der Waals surface area contributed by atoms with Gasteiger partial charge in [-0.2, -0.15) is 0 Å². The Balaban J connectivity index is 2.18. The fourth-order valence-electron chi connectivity index (χ4n) is 1.65. The zero-order valence-corrected chi connectivity index (χ0v) is 12.0. The van der Waals surface area contributed by atoms with Gasteiger partial charge in [-0.05, 0) is 39.0 Å². The fraction of sp³-hybridized carbons (Fsp3) is 0.312. The Morgan fingerprint density at radius 3 is 2.60 bits per heavy atom. The summed E-state index contributed by atoms with van der Waals surface area (Å²) in [7, 11) is 0. The van der Waals surface area contributed by atoms with Crippen molar-refractivity contribution in [1.82, 2.24) is 10.3 Å². The lowest BCUT2D eigenvalue weighted by molar-refractivity contribution is 0.406. The van der Waals surface area contributed by atoms with Gasteiger partial charge in [-0.15, -0.1) is 0 Å². The van der Waals surface area contributed by atoms with Crippen molar-refractivity contribution in [2.45, 2.75) is 32.9 Å². The van der Waals surface area contributed by atoms with Crippen LogP contribution < -0.4 is 10.1 Å². The van der Waals surface area contributed by atoms with Crippen LogP contribution in [-0.4, -0.2) is 10.5 Å². The summed E-state index contributed by atoms with van der Waals surface area (Å²) in [4.78, 5) is 4.04. The summed E-state index contributed by atoms with van der Waals surface area (Å²) >= 11 is 0. The van der Waals surface area contributed by atoms with Gasteiger partial charge in [-0.3, -0.25) is 4.98 Å². The van der Waals surface area contributed by atoms with Gasteiger partial charge in [-0.1, -0.05) is 12.1 Å². The van der Waals surface area contributed by atoms with E-state index in [1.54, 1.807) is 30.6 Å². The Hall–Kier alpha value is -1.94. The molecule has 0 aliphatic carbocycles. The third-order valence-electron chi connectivity index (χ3n) is 2.74. The highest BCUT2D eigenvalue weighted by Gasteiger charge is 2.12. The number of hydrogen-bond acceptors (Lipinski definition) is 3. The van der Waals surface area contributed by atoms with E-state index in [0.717, 1.165) is 5.56 Å². The number of para-hydroxylation sites is 1. The molecule has 0 atom stereocenters. The van der Waals surface area contributed by atoms with Crippen LogP contribution in [0.5, 0.6) is 11.5 Å². The molecule has 0 aliphatic heterocycles. The first kappa shape index (κ1) is 14.5. The van der Waals surface area contributed by atoms with E-state index in [9.17, 15) is 4.39 Å². The highest BCUT2D eigenvalue weighted by molar-refractivity contribution is 5.36. The van der Waals surface area contributed by atoms with Gasteiger partial charge in [0.1, 0.15) is 5.75 Å². The molecule has 20 heavy (non-hydrogen) atoms. The van der Waals surface area contributed by atoms with E-state index < -0.39 is 0 Å². The second kappa shape index (κ2) is 6.01. The van der Waals surface area contributed by atoms with E-state index in [4.69, 9.17) is 4.74 Å². The van der Waals surface area contributed by atoms with E-state index in [2.05, 4.69) is 31.1 Å². The van der Waals surface area contributed by atoms with Crippen molar-refractivity contribution >= 4 is 0 Å². The zero-order valence-electron chi connectivity index (χ0n) is 12.0. The normalized spacial score (nSPS) is 11.4. The molecule has 0 unspecified atom stereocenters. The Morgan fingerprint density at radius 2 is 1.90 bits per heavy atom. The summed E-state index contributed by atoms with van der Waals surface area (Å²) < 4.78 is 19.2. The summed E-state index contributed by atoms with van der Waals surface area (Å²) in [5.41, 5.74) is 0.941. The van der Waals surface area contributed by atoms with E-state index in [-0.39, 0.29) is 17.1 Å². The minimum Gasteiger partial charge on any atom is -0.452 e. The Kier molecular flexibility index (Phi) is 4.35. The molecule has 0 fully saturated rings. The third kappa shape index (κ3) is 4.03. The second-order valence-electron chi connectivity index (χ2n) is 5.62. The molecule has 0 amide bonds. The second-order valence-corrected chi connectivity index (χ2v) is 5.62. The lowest BCUT2D eigenvalue weighted by Gasteiger charge is -2.21. The highest BCUT2D eigenvalue weighted by Crippen LogP contribution is 2.26. The molecular weight excluding hydrogens is 255 g/mol. The van der Waals surface area contributed by atoms with Crippen molar-refractivity contribution in [1.29, 1.82) is 0 Å². The van der Waals surface area contributed by atoms with Gasteiger partial charge in [0.05, 0.1) is 6.20 Å². The van der Waals surface area contributed by atoms with Gasteiger partial charge in [0.25, 0.3) is 0 Å². The number of nitrogens with one attached hydrogen (secondary N) is 1. The molecule has 1 aromatic carbocycles. The maximum absolute atomic E-state index is 13.6. The van der Waals surface area contributed by atoms with Crippen LogP contribution in [0.1, 0.15) is 26.3 Å². The van der Waals surface area contributed by atoms with E-state index in [1.165, 1.54) is 6.07 Å². The Morgan fingerprint density at radius 1 is 1.15 bits per heavy atom. The Labute approximate surface area is 118 Å². The first-order valence-electron chi connectivity index (χ1n) is 6.56. The molecular formula is C16H19FN2O. The summed E-state index contributed by atoms with van der Waals surface area (Å²) in [5, 5.41) is 3.38. The van der Waals surface area contributed by atoms with Crippen LogP contribution in [0.2, 0.25) is 0 Å². The fourth-order valence-corrected chi connectivity index (χ4v) is 1.65. The SMILES string of the molecule is CC(C)(C)NCc1ccncc1Oc1ccccc1F. The lowest BCUT2D eigenvalue weighted by Crippen LogP contribution is -2.35. The summed E-state index contributed by atoms with van der Waals surface area (Å²) in [6, 6.07) is 8.21. The molecule has 2 rings (SSSR count). The lowest BCUT2D eigenvalue weighted by atomic mass is 10.1. The number of hydrogen-bond donors (Lipinski definition) is 1. The molecule has 0 aliphatic rings. The van der Waals surface area contributed by atoms with E-state index in [1.807, 2.05) is 6.07 Å². The molecule has 1 N–H and O–H groups in total. The number of ether oxygens (including phenoxy) is 1. The average Bonchev–Trinajstić information content (AvgIpc) is 2.39. The summed E-state index contributed by atoms with van der Waals surface area (Å²) in [6.45, 7) is 6.90. The molecule has 0 spiro atoms. The monoisotopic (exact) mass is 274 g/mol. The smallest absolute Gasteiger partial charge is 0.165 e. The van der Waals surface area contributed by atoms with Crippen molar-refractivity contribution in [3.05, 3.63) is 54.1 Å². The number of halogens is 1. The van der Waals surface area contributed by atoms with Crippen LogP contribution in [0, 0.1) is 5.82 Å². The van der Waals surface area contributed by atoms with Crippen molar-refractivity contribution in [3.63, 3.8) is 0 Å². The minimum absolute atomic E-state index is 0.00145. The maximum Gasteiger partial charge on any atom is 0.165 e. The highest BCUT2D eigenvalue weighted by atomic mass is 19.1. The molecule has 0 saturated heterocycles. The molecule has 1 heterocycles. The van der Waals surface area contributed by atoms with Crippen LogP contribution in [0.15, 0.2) is 42.7 Å². The average molecular weight is 274 g/mol. The first-order valence-corrected chi connectivity index (χ1v) is 6.56. The zero-order chi connectivity index (χ0) is 14.6. The number of nitrogens with zero attached hydrogens (tertiary/aromatic N) is 1. The topological polar surface area (TPSA) is 34.2 Å². The molecule has 2 aromatic rings. The molecule has 0 bridgehead atoms. The van der Waals surface area contributed by atoms with Crippen LogP contribution in [0.4, 0.5) is 4.39 Å². The van der Waals surface area contributed by atoms with Gasteiger partial charge in [-0.25, -0.2) is 4.39 Å². The quantitative estimate of drug-likeness (QED) is 0.918. The Bertz CT molecular complexity index is 579. The third-order valence-corrected chi connectivity index (χ3v) is 2.74. The molecule has 1 aromatic heterocycles. The predicted molar refractivity (Wildman–Crippen MR) is 77.3 cm³/mol. The molecule has 0 saturated carbocycles. The van der Waals surface area contributed by atoms with Gasteiger partial charge in [0, 0.05) is 23.8 Å². The molecule has 3 nitrogen and oxygen atoms in total. The molecule has 4 heteroatoms. The standard InChI is InChI=1S/C16H19FN2O/c1-16(2,3)19-10-12-8-9-18-11-15(12)20-14-7-5-4-6-13(14)17/h4-9,11,19H,10H2,1-3H3. The van der Waals surface area contributed by atoms with Crippen LogP contribution in [0.3, 0.4) is 0 Å². The van der Waals surface area contributed by atoms with Crippen LogP contribution in [0.25, 0.3) is 0 Å². The van der Waals surface area contributed by atoms with Crippen molar-refractivity contribution in [2.75, 3.05) is 0 Å². The number of rotatable bonds is 4. The van der Waals surface area contributed by atoms with Gasteiger partial charge in [0.2, 0.25) is 0 Å². The largest absolute Gasteiger partial charge is 0.452 e. The van der Waals surface area contributed by atoms with Gasteiger partial charge in [0.15, 0.2) is 11.6 Å². The minimum atomic E-state index is -0.383. The van der Waals surface area contributed by atoms with Gasteiger partial charge < -0.3 is 10.1 Å². The molecule has 106 valence electrons. The van der Waals surface area contributed by atoms with Crippen molar-refractivity contribution < 1.29 is 9.13 Å². The van der Waals surface area contributed by atoms with E-state index in [0.29, 0.717) is 12.3 Å². The van der Waals surface area contributed by atoms with Crippen molar-refractivity contribution in [2.24, 2.45) is 0 Å². The number of pyridine rings is 1. The van der Waals surface area contributed by atoms with Crippen molar-refractivity contribution in [3.8, 4) is 11.5 Å². The number of aromatic nitrogens is 1. The van der Waals surface area contributed by atoms with Crippen LogP contribution >= 0.6 is 0 Å². The predicted octanol–water partition coefficient (Wildman–Crippen LogP) is 3.90. The summed E-state index contributed by atoms with van der Waals surface area (Å²) in [5.74, 6) is 0.387. The van der Waals surface area contributed by atoms with E-state index >= 15 is 0 Å². The van der Waals surface area contributed by atoms with Crippen LogP contribution in [-0.2, 0) is 6.54 Å².